The van der Waals surface area contributed by atoms with Crippen LogP contribution in [0.4, 0.5) is 4.79 Å². The fraction of sp³-hybridized carbons (Fsp3) is 0.867. The van der Waals surface area contributed by atoms with Gasteiger partial charge < -0.3 is 19.7 Å². The Kier molecular flexibility index (Phi) is 6.95. The molecule has 0 aromatic heterocycles. The van der Waals surface area contributed by atoms with Crippen molar-refractivity contribution < 1.29 is 19.1 Å². The molecule has 1 aliphatic heterocycles. The molecule has 1 rings (SSSR count). The molecule has 2 amide bonds. The highest BCUT2D eigenvalue weighted by Gasteiger charge is 2.31. The van der Waals surface area contributed by atoms with Crippen LogP contribution in [0.25, 0.3) is 0 Å². The fourth-order valence-corrected chi connectivity index (χ4v) is 2.44. The number of carbonyl (C=O) groups excluding carboxylic acids is 2. The van der Waals surface area contributed by atoms with Crippen LogP contribution in [-0.4, -0.2) is 55.3 Å². The number of rotatable bonds is 6. The fourth-order valence-electron chi connectivity index (χ4n) is 2.44. The molecule has 6 nitrogen and oxygen atoms in total. The van der Waals surface area contributed by atoms with Crippen LogP contribution >= 0.6 is 0 Å². The van der Waals surface area contributed by atoms with Gasteiger partial charge >= 0.3 is 6.09 Å². The predicted octanol–water partition coefficient (Wildman–Crippen LogP) is 1.93. The van der Waals surface area contributed by atoms with Crippen LogP contribution in [0.15, 0.2) is 0 Å². The Labute approximate surface area is 127 Å². The van der Waals surface area contributed by atoms with E-state index in [1.165, 1.54) is 7.11 Å². The van der Waals surface area contributed by atoms with Crippen LogP contribution in [0.2, 0.25) is 0 Å². The molecule has 0 radical (unpaired) electrons. The summed E-state index contributed by atoms with van der Waals surface area (Å²) in [6.45, 7) is 7.09. The minimum Gasteiger partial charge on any atom is -0.444 e. The van der Waals surface area contributed by atoms with Gasteiger partial charge in [-0.15, -0.1) is 0 Å². The summed E-state index contributed by atoms with van der Waals surface area (Å²) < 4.78 is 10.2. The van der Waals surface area contributed by atoms with E-state index in [4.69, 9.17) is 9.47 Å². The van der Waals surface area contributed by atoms with Gasteiger partial charge in [0.25, 0.3) is 0 Å². The third kappa shape index (κ3) is 6.80. The molecule has 1 atom stereocenters. The molecule has 1 saturated heterocycles. The first-order valence-corrected chi connectivity index (χ1v) is 7.59. The Bertz CT molecular complexity index is 352. The summed E-state index contributed by atoms with van der Waals surface area (Å²) in [6.07, 6.45) is 3.52. The van der Waals surface area contributed by atoms with E-state index in [9.17, 15) is 9.59 Å². The molecule has 1 fully saturated rings. The zero-order chi connectivity index (χ0) is 15.9. The Balaban J connectivity index is 2.30. The highest BCUT2D eigenvalue weighted by molar-refractivity contribution is 5.77. The van der Waals surface area contributed by atoms with E-state index in [-0.39, 0.29) is 24.6 Å². The quantitative estimate of drug-likeness (QED) is 0.761. The number of nitrogens with zero attached hydrogens (tertiary/aromatic N) is 1. The van der Waals surface area contributed by atoms with Crippen molar-refractivity contribution >= 4 is 12.0 Å². The van der Waals surface area contributed by atoms with Crippen LogP contribution in [-0.2, 0) is 14.3 Å². The molecular formula is C15H28N2O4. The van der Waals surface area contributed by atoms with Gasteiger partial charge in [0, 0.05) is 26.2 Å². The van der Waals surface area contributed by atoms with Crippen molar-refractivity contribution in [3.63, 3.8) is 0 Å². The minimum atomic E-state index is -0.460. The maximum atomic E-state index is 12.1. The van der Waals surface area contributed by atoms with Gasteiger partial charge in [0.1, 0.15) is 12.2 Å². The molecule has 1 aliphatic rings. The second kappa shape index (κ2) is 8.22. The summed E-state index contributed by atoms with van der Waals surface area (Å²) in [6, 6.07) is 0.221. The van der Waals surface area contributed by atoms with E-state index >= 15 is 0 Å². The molecular weight excluding hydrogens is 272 g/mol. The Hall–Kier alpha value is -1.30. The standard InChI is InChI=1S/C15H28N2O4/c1-15(2,3)21-14(19)17-10-6-8-12(17)7-5-9-16-13(18)11-20-4/h12H,5-11H2,1-4H3,(H,16,18)/t12-/m0/s1. The normalized spacial score (nSPS) is 18.7. The zero-order valence-electron chi connectivity index (χ0n) is 13.6. The van der Waals surface area contributed by atoms with Gasteiger partial charge in [-0.05, 0) is 46.5 Å². The summed E-state index contributed by atoms with van der Waals surface area (Å²) >= 11 is 0. The van der Waals surface area contributed by atoms with Gasteiger partial charge in [0.2, 0.25) is 5.91 Å². The summed E-state index contributed by atoms with van der Waals surface area (Å²) in [4.78, 5) is 25.2. The van der Waals surface area contributed by atoms with Crippen LogP contribution < -0.4 is 5.32 Å². The van der Waals surface area contributed by atoms with E-state index in [0.29, 0.717) is 6.54 Å². The monoisotopic (exact) mass is 300 g/mol. The summed E-state index contributed by atoms with van der Waals surface area (Å²) in [5, 5.41) is 2.79. The summed E-state index contributed by atoms with van der Waals surface area (Å²) in [5.41, 5.74) is -0.460. The van der Waals surface area contributed by atoms with Crippen molar-refractivity contribution in [1.29, 1.82) is 0 Å². The van der Waals surface area contributed by atoms with Crippen molar-refractivity contribution in [3.8, 4) is 0 Å². The van der Waals surface area contributed by atoms with Crippen molar-refractivity contribution in [3.05, 3.63) is 0 Å². The largest absolute Gasteiger partial charge is 0.444 e. The summed E-state index contributed by atoms with van der Waals surface area (Å²) in [5.74, 6) is -0.104. The van der Waals surface area contributed by atoms with E-state index in [0.717, 1.165) is 32.2 Å². The number of hydrogen-bond donors (Lipinski definition) is 1. The smallest absolute Gasteiger partial charge is 0.410 e. The number of hydrogen-bond acceptors (Lipinski definition) is 4. The molecule has 0 saturated carbocycles. The maximum Gasteiger partial charge on any atom is 0.410 e. The van der Waals surface area contributed by atoms with Crippen molar-refractivity contribution in [2.75, 3.05) is 26.8 Å². The topological polar surface area (TPSA) is 67.9 Å². The first kappa shape index (κ1) is 17.8. The first-order valence-electron chi connectivity index (χ1n) is 7.59. The average Bonchev–Trinajstić information content (AvgIpc) is 2.81. The molecule has 0 unspecified atom stereocenters. The molecule has 21 heavy (non-hydrogen) atoms. The summed E-state index contributed by atoms with van der Waals surface area (Å²) in [7, 11) is 1.50. The number of likely N-dealkylation sites (tertiary alicyclic amines) is 1. The SMILES string of the molecule is COCC(=O)NCCC[C@H]1CCCN1C(=O)OC(C)(C)C. The van der Waals surface area contributed by atoms with Crippen LogP contribution in [0.1, 0.15) is 46.5 Å². The van der Waals surface area contributed by atoms with E-state index in [1.807, 2.05) is 25.7 Å². The Morgan fingerprint density at radius 3 is 2.67 bits per heavy atom. The lowest BCUT2D eigenvalue weighted by Crippen LogP contribution is -2.40. The molecule has 0 aromatic rings. The average molecular weight is 300 g/mol. The van der Waals surface area contributed by atoms with Crippen molar-refractivity contribution in [1.82, 2.24) is 10.2 Å². The van der Waals surface area contributed by atoms with E-state index in [1.54, 1.807) is 0 Å². The van der Waals surface area contributed by atoms with Gasteiger partial charge in [0.15, 0.2) is 0 Å². The van der Waals surface area contributed by atoms with E-state index in [2.05, 4.69) is 5.32 Å². The van der Waals surface area contributed by atoms with Crippen LogP contribution in [0, 0.1) is 0 Å². The number of carbonyl (C=O) groups is 2. The molecule has 122 valence electrons. The Morgan fingerprint density at radius 1 is 1.33 bits per heavy atom. The van der Waals surface area contributed by atoms with Gasteiger partial charge in [-0.1, -0.05) is 0 Å². The lowest BCUT2D eigenvalue weighted by Gasteiger charge is -2.28. The molecule has 1 heterocycles. The first-order chi connectivity index (χ1) is 9.83. The van der Waals surface area contributed by atoms with Crippen LogP contribution in [0.3, 0.4) is 0 Å². The van der Waals surface area contributed by atoms with E-state index < -0.39 is 5.60 Å². The predicted molar refractivity (Wildman–Crippen MR) is 80.1 cm³/mol. The van der Waals surface area contributed by atoms with Crippen molar-refractivity contribution in [2.45, 2.75) is 58.1 Å². The minimum absolute atomic E-state index is 0.0907. The molecule has 0 aliphatic carbocycles. The number of amides is 2. The highest BCUT2D eigenvalue weighted by Crippen LogP contribution is 2.23. The van der Waals surface area contributed by atoms with Gasteiger partial charge in [-0.3, -0.25) is 4.79 Å². The zero-order valence-corrected chi connectivity index (χ0v) is 13.6. The maximum absolute atomic E-state index is 12.1. The number of methoxy groups -OCH3 is 1. The van der Waals surface area contributed by atoms with Gasteiger partial charge in [0.05, 0.1) is 0 Å². The van der Waals surface area contributed by atoms with Crippen LogP contribution in [0.5, 0.6) is 0 Å². The number of ether oxygens (including phenoxy) is 2. The lowest BCUT2D eigenvalue weighted by molar-refractivity contribution is -0.124. The van der Waals surface area contributed by atoms with Gasteiger partial charge in [-0.25, -0.2) is 4.79 Å². The lowest BCUT2D eigenvalue weighted by atomic mass is 10.1. The van der Waals surface area contributed by atoms with Crippen molar-refractivity contribution in [2.24, 2.45) is 0 Å². The molecule has 6 heteroatoms. The third-order valence-corrected chi connectivity index (χ3v) is 3.32. The third-order valence-electron chi connectivity index (χ3n) is 3.32. The number of nitrogens with one attached hydrogen (secondary N) is 1. The molecule has 0 spiro atoms. The molecule has 1 N–H and O–H groups in total. The Morgan fingerprint density at radius 2 is 2.05 bits per heavy atom. The second-order valence-corrected chi connectivity index (χ2v) is 6.39. The second-order valence-electron chi connectivity index (χ2n) is 6.39. The molecule has 0 bridgehead atoms. The van der Waals surface area contributed by atoms with Gasteiger partial charge in [-0.2, -0.15) is 0 Å². The molecule has 0 aromatic carbocycles. The highest BCUT2D eigenvalue weighted by atomic mass is 16.6.